The number of hydrogen-bond acceptors (Lipinski definition) is 1. The van der Waals surface area contributed by atoms with Crippen LogP contribution in [0.5, 0.6) is 0 Å². The molecule has 2 heteroatoms. The molecule has 0 spiro atoms. The van der Waals surface area contributed by atoms with Crippen LogP contribution in [0.2, 0.25) is 0 Å². The molecule has 9 heavy (non-hydrogen) atoms. The topological polar surface area (TPSA) is 26.0 Å². The summed E-state index contributed by atoms with van der Waals surface area (Å²) >= 11 is 3.31. The third kappa shape index (κ3) is 4.18. The zero-order valence-electron chi connectivity index (χ0n) is 5.34. The van der Waals surface area contributed by atoms with Gasteiger partial charge in [0.05, 0.1) is 0 Å². The summed E-state index contributed by atoms with van der Waals surface area (Å²) in [4.78, 5) is 0. The van der Waals surface area contributed by atoms with Gasteiger partial charge >= 0.3 is 0 Å². The van der Waals surface area contributed by atoms with Crippen LogP contribution in [0.4, 0.5) is 0 Å². The van der Waals surface area contributed by atoms with Crippen molar-refractivity contribution in [2.45, 2.75) is 0 Å². The molecule has 1 rings (SSSR count). The minimum atomic E-state index is 1.13. The molecule has 0 aliphatic carbocycles. The fraction of sp³-hybridized carbons (Fsp3) is 0.143. The molecule has 1 nitrogen and oxygen atoms in total. The quantitative estimate of drug-likeness (QED) is 0.662. The summed E-state index contributed by atoms with van der Waals surface area (Å²) in [5, 5.41) is 0. The summed E-state index contributed by atoms with van der Waals surface area (Å²) < 4.78 is 1.13. The Labute approximate surface area is 64.0 Å². The van der Waals surface area contributed by atoms with Crippen LogP contribution in [0.3, 0.4) is 0 Å². The molecule has 0 unspecified atom stereocenters. The SMILES string of the molecule is Brc1ccccc1.CN. The first-order valence-corrected chi connectivity index (χ1v) is 3.47. The van der Waals surface area contributed by atoms with Crippen LogP contribution in [0, 0.1) is 0 Å². The standard InChI is InChI=1S/C6H5Br.CH5N/c7-6-4-2-1-3-5-6;1-2/h1-5H;2H2,1H3. The van der Waals surface area contributed by atoms with Crippen molar-refractivity contribution in [3.05, 3.63) is 34.8 Å². The summed E-state index contributed by atoms with van der Waals surface area (Å²) in [7, 11) is 1.50. The molecule has 0 bridgehead atoms. The van der Waals surface area contributed by atoms with Crippen LogP contribution in [-0.4, -0.2) is 7.05 Å². The summed E-state index contributed by atoms with van der Waals surface area (Å²) in [6.45, 7) is 0. The van der Waals surface area contributed by atoms with Gasteiger partial charge in [-0.2, -0.15) is 0 Å². The summed E-state index contributed by atoms with van der Waals surface area (Å²) in [6, 6.07) is 9.97. The fourth-order valence-electron chi connectivity index (χ4n) is 0.415. The lowest BCUT2D eigenvalue weighted by Gasteiger charge is -1.80. The molecule has 0 saturated carbocycles. The highest BCUT2D eigenvalue weighted by atomic mass is 79.9. The van der Waals surface area contributed by atoms with E-state index in [1.165, 1.54) is 7.05 Å². The van der Waals surface area contributed by atoms with Crippen LogP contribution in [-0.2, 0) is 0 Å². The maximum atomic E-state index is 4.50. The lowest BCUT2D eigenvalue weighted by Crippen LogP contribution is -1.69. The first kappa shape index (κ1) is 8.66. The Bertz CT molecular complexity index is 139. The average Bonchev–Trinajstić information content (AvgIpc) is 1.94. The molecule has 0 aromatic heterocycles. The molecule has 0 saturated heterocycles. The second-order valence-corrected chi connectivity index (χ2v) is 2.21. The monoisotopic (exact) mass is 187 g/mol. The molecule has 1 aromatic carbocycles. The first-order chi connectivity index (χ1) is 4.39. The predicted molar refractivity (Wildman–Crippen MR) is 44.3 cm³/mol. The van der Waals surface area contributed by atoms with Gasteiger partial charge < -0.3 is 5.73 Å². The minimum Gasteiger partial charge on any atom is -0.333 e. The van der Waals surface area contributed by atoms with Crippen LogP contribution < -0.4 is 5.73 Å². The summed E-state index contributed by atoms with van der Waals surface area (Å²) in [6.07, 6.45) is 0. The van der Waals surface area contributed by atoms with Gasteiger partial charge in [-0.25, -0.2) is 0 Å². The van der Waals surface area contributed by atoms with E-state index in [0.717, 1.165) is 4.47 Å². The van der Waals surface area contributed by atoms with Crippen LogP contribution in [0.25, 0.3) is 0 Å². The molecule has 0 atom stereocenters. The molecule has 1 aromatic rings. The molecule has 50 valence electrons. The number of benzene rings is 1. The van der Waals surface area contributed by atoms with Gasteiger partial charge in [0.2, 0.25) is 0 Å². The highest BCUT2D eigenvalue weighted by Gasteiger charge is 1.74. The lowest BCUT2D eigenvalue weighted by atomic mass is 10.4. The van der Waals surface area contributed by atoms with Crippen LogP contribution in [0.1, 0.15) is 0 Å². The van der Waals surface area contributed by atoms with E-state index in [2.05, 4.69) is 21.7 Å². The van der Waals surface area contributed by atoms with Crippen molar-refractivity contribution >= 4 is 15.9 Å². The number of nitrogens with two attached hydrogens (primary N) is 1. The van der Waals surface area contributed by atoms with E-state index in [-0.39, 0.29) is 0 Å². The van der Waals surface area contributed by atoms with Crippen LogP contribution >= 0.6 is 15.9 Å². The highest BCUT2D eigenvalue weighted by molar-refractivity contribution is 9.10. The Morgan fingerprint density at radius 3 is 1.78 bits per heavy atom. The lowest BCUT2D eigenvalue weighted by molar-refractivity contribution is 1.48. The van der Waals surface area contributed by atoms with Crippen molar-refractivity contribution in [3.63, 3.8) is 0 Å². The van der Waals surface area contributed by atoms with Crippen molar-refractivity contribution in [2.75, 3.05) is 7.05 Å². The zero-order chi connectivity index (χ0) is 7.11. The van der Waals surface area contributed by atoms with E-state index in [9.17, 15) is 0 Å². The van der Waals surface area contributed by atoms with E-state index in [1.54, 1.807) is 0 Å². The maximum absolute atomic E-state index is 4.50. The van der Waals surface area contributed by atoms with E-state index in [1.807, 2.05) is 30.3 Å². The maximum Gasteiger partial charge on any atom is 0.0175 e. The van der Waals surface area contributed by atoms with Crippen LogP contribution in [0.15, 0.2) is 34.8 Å². The van der Waals surface area contributed by atoms with Gasteiger partial charge in [-0.05, 0) is 19.2 Å². The second-order valence-electron chi connectivity index (χ2n) is 1.30. The second kappa shape index (κ2) is 5.79. The Balaban J connectivity index is 0.000000291. The molecular formula is C7H10BrN. The zero-order valence-corrected chi connectivity index (χ0v) is 6.93. The molecule has 0 amide bonds. The Hall–Kier alpha value is -0.340. The van der Waals surface area contributed by atoms with E-state index < -0.39 is 0 Å². The third-order valence-corrected chi connectivity index (χ3v) is 1.26. The minimum absolute atomic E-state index is 1.13. The Morgan fingerprint density at radius 2 is 1.56 bits per heavy atom. The van der Waals surface area contributed by atoms with Gasteiger partial charge in [-0.1, -0.05) is 34.1 Å². The van der Waals surface area contributed by atoms with Crippen molar-refractivity contribution in [2.24, 2.45) is 5.73 Å². The van der Waals surface area contributed by atoms with Gasteiger partial charge in [0.15, 0.2) is 0 Å². The van der Waals surface area contributed by atoms with Crippen molar-refractivity contribution in [3.8, 4) is 0 Å². The highest BCUT2D eigenvalue weighted by Crippen LogP contribution is 2.05. The van der Waals surface area contributed by atoms with Gasteiger partial charge in [0.1, 0.15) is 0 Å². The Kier molecular flexibility index (Phi) is 5.57. The molecule has 2 N–H and O–H groups in total. The van der Waals surface area contributed by atoms with E-state index in [0.29, 0.717) is 0 Å². The smallest absolute Gasteiger partial charge is 0.0175 e. The molecular weight excluding hydrogens is 178 g/mol. The van der Waals surface area contributed by atoms with Gasteiger partial charge in [-0.3, -0.25) is 0 Å². The fourth-order valence-corrected chi connectivity index (χ4v) is 0.720. The number of halogens is 1. The predicted octanol–water partition coefficient (Wildman–Crippen LogP) is 2.02. The number of hydrogen-bond donors (Lipinski definition) is 1. The average molecular weight is 188 g/mol. The third-order valence-electron chi connectivity index (χ3n) is 0.733. The Morgan fingerprint density at radius 1 is 1.11 bits per heavy atom. The van der Waals surface area contributed by atoms with E-state index >= 15 is 0 Å². The van der Waals surface area contributed by atoms with Gasteiger partial charge in [-0.15, -0.1) is 0 Å². The molecule has 0 fully saturated rings. The number of rotatable bonds is 0. The first-order valence-electron chi connectivity index (χ1n) is 2.68. The van der Waals surface area contributed by atoms with Crippen molar-refractivity contribution < 1.29 is 0 Å². The van der Waals surface area contributed by atoms with Crippen molar-refractivity contribution in [1.29, 1.82) is 0 Å². The molecule has 0 radical (unpaired) electrons. The molecule has 0 aliphatic rings. The molecule has 0 aliphatic heterocycles. The van der Waals surface area contributed by atoms with Crippen molar-refractivity contribution in [1.82, 2.24) is 0 Å². The molecule has 0 heterocycles. The van der Waals surface area contributed by atoms with Gasteiger partial charge in [0.25, 0.3) is 0 Å². The largest absolute Gasteiger partial charge is 0.333 e. The summed E-state index contributed by atoms with van der Waals surface area (Å²) in [5.74, 6) is 0. The van der Waals surface area contributed by atoms with Gasteiger partial charge in [0, 0.05) is 4.47 Å². The normalized spacial score (nSPS) is 7.44. The van der Waals surface area contributed by atoms with E-state index in [4.69, 9.17) is 0 Å². The summed E-state index contributed by atoms with van der Waals surface area (Å²) in [5.41, 5.74) is 4.50.